The van der Waals surface area contributed by atoms with E-state index in [1.54, 1.807) is 0 Å². The largest absolute Gasteiger partial charge is 0.326 e. The van der Waals surface area contributed by atoms with Crippen molar-refractivity contribution in [2.45, 2.75) is 38.6 Å². The van der Waals surface area contributed by atoms with Crippen LogP contribution in [-0.2, 0) is 11.2 Å². The molecule has 0 bridgehead atoms. The van der Waals surface area contributed by atoms with Crippen molar-refractivity contribution in [3.63, 3.8) is 0 Å². The monoisotopic (exact) mass is 344 g/mol. The number of nitrogens with zero attached hydrogens (tertiary/aromatic N) is 1. The lowest BCUT2D eigenvalue weighted by Crippen LogP contribution is -2.37. The number of imide groups is 1. The minimum atomic E-state index is -0.536. The maximum Gasteiger partial charge on any atom is 0.322 e. The number of nitrogens with one attached hydrogen (secondary N) is 3. The van der Waals surface area contributed by atoms with Crippen molar-refractivity contribution < 1.29 is 14.4 Å². The fraction of sp³-hybridized carbons (Fsp3) is 0.500. The first-order chi connectivity index (χ1) is 12.0. The van der Waals surface area contributed by atoms with Crippen LogP contribution in [0.15, 0.2) is 24.3 Å². The molecule has 3 rings (SSSR count). The van der Waals surface area contributed by atoms with E-state index in [4.69, 9.17) is 0 Å². The van der Waals surface area contributed by atoms with E-state index in [2.05, 4.69) is 22.9 Å². The lowest BCUT2D eigenvalue weighted by molar-refractivity contribution is -0.120. The summed E-state index contributed by atoms with van der Waals surface area (Å²) in [5, 5.41) is 7.73. The first-order valence-corrected chi connectivity index (χ1v) is 8.77. The molecule has 2 saturated heterocycles. The molecule has 7 heteroatoms. The van der Waals surface area contributed by atoms with Crippen LogP contribution in [0.1, 0.15) is 31.7 Å². The standard InChI is InChI=1S/C18H24N4O3/c1-12-4-2-3-9-22(11-12)18(25)19-14-7-5-13(6-8-14)10-15-16(23)21-17(24)20-15/h5-8,12,15H,2-4,9-11H2,1H3,(H,19,25)(H2,20,21,23,24)/t12-,15+/m1/s1. The van der Waals surface area contributed by atoms with Crippen LogP contribution in [0.5, 0.6) is 0 Å². The third-order valence-electron chi connectivity index (χ3n) is 4.70. The summed E-state index contributed by atoms with van der Waals surface area (Å²) in [5.41, 5.74) is 1.65. The Hall–Kier alpha value is -2.57. The maximum atomic E-state index is 12.4. The van der Waals surface area contributed by atoms with Gasteiger partial charge in [0.05, 0.1) is 0 Å². The van der Waals surface area contributed by atoms with Gasteiger partial charge in [-0.2, -0.15) is 0 Å². The molecular weight excluding hydrogens is 320 g/mol. The summed E-state index contributed by atoms with van der Waals surface area (Å²) >= 11 is 0. The Morgan fingerprint density at radius 2 is 2.00 bits per heavy atom. The second kappa shape index (κ2) is 7.55. The summed E-state index contributed by atoms with van der Waals surface area (Å²) in [4.78, 5) is 37.0. The highest BCUT2D eigenvalue weighted by atomic mass is 16.2. The molecule has 0 saturated carbocycles. The average Bonchev–Trinajstić information content (AvgIpc) is 2.76. The fourth-order valence-electron chi connectivity index (χ4n) is 3.30. The van der Waals surface area contributed by atoms with Gasteiger partial charge in [0, 0.05) is 25.2 Å². The minimum absolute atomic E-state index is 0.0658. The zero-order valence-electron chi connectivity index (χ0n) is 14.4. The Balaban J connectivity index is 1.56. The third-order valence-corrected chi connectivity index (χ3v) is 4.70. The van der Waals surface area contributed by atoms with Gasteiger partial charge in [0.1, 0.15) is 6.04 Å². The quantitative estimate of drug-likeness (QED) is 0.733. The van der Waals surface area contributed by atoms with E-state index in [9.17, 15) is 14.4 Å². The molecule has 2 aliphatic heterocycles. The van der Waals surface area contributed by atoms with Gasteiger partial charge in [-0.15, -0.1) is 0 Å². The van der Waals surface area contributed by atoms with Gasteiger partial charge >= 0.3 is 12.1 Å². The van der Waals surface area contributed by atoms with Gasteiger partial charge in [0.25, 0.3) is 5.91 Å². The van der Waals surface area contributed by atoms with Crippen molar-refractivity contribution in [3.8, 4) is 0 Å². The van der Waals surface area contributed by atoms with Crippen molar-refractivity contribution in [1.29, 1.82) is 0 Å². The maximum absolute atomic E-state index is 12.4. The second-order valence-electron chi connectivity index (χ2n) is 6.89. The summed E-state index contributed by atoms with van der Waals surface area (Å²) in [6, 6.07) is 6.31. The van der Waals surface area contributed by atoms with E-state index in [1.165, 1.54) is 12.8 Å². The minimum Gasteiger partial charge on any atom is -0.326 e. The van der Waals surface area contributed by atoms with Crippen molar-refractivity contribution >= 4 is 23.7 Å². The van der Waals surface area contributed by atoms with Gasteiger partial charge in [-0.25, -0.2) is 9.59 Å². The number of rotatable bonds is 3. The number of carbonyl (C=O) groups is 3. The number of likely N-dealkylation sites (tertiary alicyclic amines) is 1. The summed E-state index contributed by atoms with van der Waals surface area (Å²) < 4.78 is 0. The molecule has 0 spiro atoms. The summed E-state index contributed by atoms with van der Waals surface area (Å²) in [6.07, 6.45) is 3.82. The fourth-order valence-corrected chi connectivity index (χ4v) is 3.30. The van der Waals surface area contributed by atoms with E-state index < -0.39 is 12.1 Å². The van der Waals surface area contributed by atoms with Gasteiger partial charge in [0.15, 0.2) is 0 Å². The Morgan fingerprint density at radius 1 is 1.24 bits per heavy atom. The highest BCUT2D eigenvalue weighted by molar-refractivity contribution is 6.04. The van der Waals surface area contributed by atoms with Crippen LogP contribution in [0.25, 0.3) is 0 Å². The Kier molecular flexibility index (Phi) is 5.21. The topological polar surface area (TPSA) is 90.5 Å². The lowest BCUT2D eigenvalue weighted by Gasteiger charge is -2.23. The SMILES string of the molecule is C[C@@H]1CCCCN(C(=O)Nc2ccc(C[C@@H]3NC(=O)NC3=O)cc2)C1. The number of anilines is 1. The zero-order chi connectivity index (χ0) is 17.8. The van der Waals surface area contributed by atoms with Gasteiger partial charge in [-0.3, -0.25) is 10.1 Å². The second-order valence-corrected chi connectivity index (χ2v) is 6.89. The lowest BCUT2D eigenvalue weighted by atomic mass is 10.1. The van der Waals surface area contributed by atoms with Crippen LogP contribution < -0.4 is 16.0 Å². The van der Waals surface area contributed by atoms with Crippen LogP contribution in [-0.4, -0.2) is 42.0 Å². The number of hydrogen-bond acceptors (Lipinski definition) is 3. The molecule has 2 aliphatic rings. The molecule has 1 aromatic rings. The summed E-state index contributed by atoms with van der Waals surface area (Å²) in [7, 11) is 0. The average molecular weight is 344 g/mol. The molecule has 0 unspecified atom stereocenters. The molecule has 134 valence electrons. The first kappa shape index (κ1) is 17.3. The van der Waals surface area contributed by atoms with Gasteiger partial charge in [-0.1, -0.05) is 25.5 Å². The number of amides is 5. The van der Waals surface area contributed by atoms with Crippen LogP contribution in [0.3, 0.4) is 0 Å². The number of benzene rings is 1. The van der Waals surface area contributed by atoms with Gasteiger partial charge in [-0.05, 0) is 36.5 Å². The molecule has 2 heterocycles. The molecule has 5 amide bonds. The van der Waals surface area contributed by atoms with Crippen LogP contribution in [0.4, 0.5) is 15.3 Å². The molecule has 2 fully saturated rings. The number of hydrogen-bond donors (Lipinski definition) is 3. The Morgan fingerprint density at radius 3 is 2.68 bits per heavy atom. The Bertz CT molecular complexity index is 659. The van der Waals surface area contributed by atoms with Crippen molar-refractivity contribution in [2.24, 2.45) is 5.92 Å². The van der Waals surface area contributed by atoms with Gasteiger partial charge < -0.3 is 15.5 Å². The third kappa shape index (κ3) is 4.49. The molecule has 0 aromatic heterocycles. The normalized spacial score (nSPS) is 23.6. The highest BCUT2D eigenvalue weighted by Gasteiger charge is 2.29. The molecular formula is C18H24N4O3. The van der Waals surface area contributed by atoms with E-state index in [1.807, 2.05) is 29.2 Å². The van der Waals surface area contributed by atoms with Crippen molar-refractivity contribution in [3.05, 3.63) is 29.8 Å². The van der Waals surface area contributed by atoms with Gasteiger partial charge in [0.2, 0.25) is 0 Å². The van der Waals surface area contributed by atoms with Crippen LogP contribution in [0, 0.1) is 5.92 Å². The number of urea groups is 2. The predicted molar refractivity (Wildman–Crippen MR) is 94.2 cm³/mol. The molecule has 0 radical (unpaired) electrons. The zero-order valence-corrected chi connectivity index (χ0v) is 14.4. The van der Waals surface area contributed by atoms with E-state index in [-0.39, 0.29) is 11.9 Å². The molecule has 0 aliphatic carbocycles. The molecule has 3 N–H and O–H groups in total. The number of carbonyl (C=O) groups excluding carboxylic acids is 3. The Labute approximate surface area is 147 Å². The van der Waals surface area contributed by atoms with Crippen molar-refractivity contribution in [2.75, 3.05) is 18.4 Å². The van der Waals surface area contributed by atoms with E-state index in [0.29, 0.717) is 12.3 Å². The summed E-state index contributed by atoms with van der Waals surface area (Å²) in [6.45, 7) is 3.77. The molecule has 1 aromatic carbocycles. The smallest absolute Gasteiger partial charge is 0.322 e. The highest BCUT2D eigenvalue weighted by Crippen LogP contribution is 2.18. The summed E-state index contributed by atoms with van der Waals surface area (Å²) in [5.74, 6) is 0.223. The molecule has 25 heavy (non-hydrogen) atoms. The van der Waals surface area contributed by atoms with Crippen LogP contribution >= 0.6 is 0 Å². The first-order valence-electron chi connectivity index (χ1n) is 8.77. The molecule has 7 nitrogen and oxygen atoms in total. The van der Waals surface area contributed by atoms with E-state index >= 15 is 0 Å². The molecule has 2 atom stereocenters. The van der Waals surface area contributed by atoms with Crippen molar-refractivity contribution in [1.82, 2.24) is 15.5 Å². The van der Waals surface area contributed by atoms with Crippen LogP contribution in [0.2, 0.25) is 0 Å². The van der Waals surface area contributed by atoms with E-state index in [0.717, 1.165) is 30.8 Å². The predicted octanol–water partition coefficient (Wildman–Crippen LogP) is 2.09.